The molecule has 2 heterocycles. The van der Waals surface area contributed by atoms with E-state index < -0.39 is 0 Å². The number of nitrogens with zero attached hydrogens (tertiary/aromatic N) is 2. The molecule has 18 heavy (non-hydrogen) atoms. The fourth-order valence-electron chi connectivity index (χ4n) is 1.38. The van der Waals surface area contributed by atoms with Gasteiger partial charge >= 0.3 is 0 Å². The van der Waals surface area contributed by atoms with E-state index in [1.165, 1.54) is 24.8 Å². The van der Waals surface area contributed by atoms with Crippen LogP contribution in [0.3, 0.4) is 0 Å². The Morgan fingerprint density at radius 2 is 2.44 bits per heavy atom. The maximum atomic E-state index is 10.3. The van der Waals surface area contributed by atoms with Gasteiger partial charge in [0.05, 0.1) is 18.2 Å². The minimum Gasteiger partial charge on any atom is -0.486 e. The minimum absolute atomic E-state index is 0.471. The number of rotatable bonds is 6. The van der Waals surface area contributed by atoms with Gasteiger partial charge in [-0.3, -0.25) is 0 Å². The van der Waals surface area contributed by atoms with Gasteiger partial charge in [-0.25, -0.2) is 4.98 Å². The van der Waals surface area contributed by atoms with E-state index in [9.17, 15) is 4.79 Å². The molecular weight excluding hydrogens is 252 g/mol. The third kappa shape index (κ3) is 3.04. The number of aldehydes is 1. The van der Waals surface area contributed by atoms with Gasteiger partial charge in [0, 0.05) is 12.8 Å². The molecule has 0 unspecified atom stereocenters. The predicted octanol–water partition coefficient (Wildman–Crippen LogP) is 2.84. The monoisotopic (exact) mass is 264 g/mol. The highest BCUT2D eigenvalue weighted by Gasteiger charge is 2.08. The van der Waals surface area contributed by atoms with Crippen molar-refractivity contribution in [3.8, 4) is 10.6 Å². The summed E-state index contributed by atoms with van der Waals surface area (Å²) in [7, 11) is 1.53. The van der Waals surface area contributed by atoms with E-state index in [0.29, 0.717) is 18.0 Å². The zero-order valence-electron chi connectivity index (χ0n) is 9.83. The first kappa shape index (κ1) is 12.5. The first-order valence-corrected chi connectivity index (χ1v) is 6.19. The normalized spacial score (nSPS) is 10.9. The summed E-state index contributed by atoms with van der Waals surface area (Å²) in [5.41, 5.74) is 0. The second-order valence-electron chi connectivity index (χ2n) is 3.45. The number of hydrogen-bond donors (Lipinski definition) is 0. The van der Waals surface area contributed by atoms with E-state index in [1.54, 1.807) is 6.20 Å². The first-order chi connectivity index (χ1) is 8.83. The molecule has 0 bridgehead atoms. The lowest BCUT2D eigenvalue weighted by Gasteiger charge is -1.91. The van der Waals surface area contributed by atoms with Crippen LogP contribution in [0.4, 0.5) is 5.13 Å². The highest BCUT2D eigenvalue weighted by molar-refractivity contribution is 7.18. The van der Waals surface area contributed by atoms with Crippen LogP contribution in [-0.4, -0.2) is 24.8 Å². The third-order valence-electron chi connectivity index (χ3n) is 2.18. The van der Waals surface area contributed by atoms with E-state index >= 15 is 0 Å². The van der Waals surface area contributed by atoms with Crippen LogP contribution in [0.15, 0.2) is 27.7 Å². The summed E-state index contributed by atoms with van der Waals surface area (Å²) in [6.07, 6.45) is 5.01. The zero-order chi connectivity index (χ0) is 12.8. The SMILES string of the molecule is CO/C=N\c1ncc(-c2ccc(CCC=O)o2)s1. The van der Waals surface area contributed by atoms with Gasteiger partial charge in [-0.1, -0.05) is 11.3 Å². The highest BCUT2D eigenvalue weighted by atomic mass is 32.1. The van der Waals surface area contributed by atoms with Crippen molar-refractivity contribution in [3.63, 3.8) is 0 Å². The number of thiazole rings is 1. The Morgan fingerprint density at radius 3 is 3.22 bits per heavy atom. The molecule has 2 aromatic heterocycles. The standard InChI is InChI=1S/C12H12N2O3S/c1-16-8-14-12-13-7-11(18-12)10-5-4-9(17-10)3-2-6-15/h4-8H,2-3H2,1H3/b14-8-. The molecule has 0 aliphatic heterocycles. The van der Waals surface area contributed by atoms with E-state index in [1.807, 2.05) is 12.1 Å². The smallest absolute Gasteiger partial charge is 0.212 e. The molecule has 0 aliphatic carbocycles. The molecule has 0 aromatic carbocycles. The predicted molar refractivity (Wildman–Crippen MR) is 69.4 cm³/mol. The Balaban J connectivity index is 2.10. The van der Waals surface area contributed by atoms with Crippen molar-refractivity contribution in [1.82, 2.24) is 4.98 Å². The quantitative estimate of drug-likeness (QED) is 0.457. The van der Waals surface area contributed by atoms with Gasteiger partial charge in [0.2, 0.25) is 5.13 Å². The summed E-state index contributed by atoms with van der Waals surface area (Å²) >= 11 is 1.41. The Labute approximate surface area is 108 Å². The van der Waals surface area contributed by atoms with Crippen LogP contribution in [0.5, 0.6) is 0 Å². The molecule has 0 spiro atoms. The van der Waals surface area contributed by atoms with Crippen LogP contribution < -0.4 is 0 Å². The number of carbonyl (C=O) groups is 1. The number of aliphatic imine (C=N–C) groups is 1. The average molecular weight is 264 g/mol. The molecule has 0 fully saturated rings. The Bertz CT molecular complexity index is 545. The lowest BCUT2D eigenvalue weighted by Crippen LogP contribution is -1.81. The molecule has 0 N–H and O–H groups in total. The summed E-state index contributed by atoms with van der Waals surface area (Å²) in [4.78, 5) is 19.3. The molecule has 2 aromatic rings. The van der Waals surface area contributed by atoms with Gasteiger partial charge in [-0.05, 0) is 12.1 Å². The summed E-state index contributed by atoms with van der Waals surface area (Å²) in [5.74, 6) is 1.54. The van der Waals surface area contributed by atoms with Crippen LogP contribution in [-0.2, 0) is 16.0 Å². The third-order valence-corrected chi connectivity index (χ3v) is 3.10. The summed E-state index contributed by atoms with van der Waals surface area (Å²) in [5, 5.41) is 0.609. The number of hydrogen-bond acceptors (Lipinski definition) is 6. The van der Waals surface area contributed by atoms with Gasteiger partial charge in [0.15, 0.2) is 6.40 Å². The summed E-state index contributed by atoms with van der Waals surface area (Å²) in [6.45, 7) is 0. The van der Waals surface area contributed by atoms with Crippen molar-refractivity contribution in [2.45, 2.75) is 12.8 Å². The number of methoxy groups -OCH3 is 1. The maximum absolute atomic E-state index is 10.3. The summed E-state index contributed by atoms with van der Waals surface area (Å²) < 4.78 is 10.3. The average Bonchev–Trinajstić information content (AvgIpc) is 3.02. The number of aryl methyl sites for hydroxylation is 1. The fraction of sp³-hybridized carbons (Fsp3) is 0.250. The molecule has 0 aliphatic rings. The van der Waals surface area contributed by atoms with Crippen LogP contribution in [0.25, 0.3) is 10.6 Å². The van der Waals surface area contributed by atoms with Crippen molar-refractivity contribution in [2.75, 3.05) is 7.11 Å². The number of furan rings is 1. The van der Waals surface area contributed by atoms with Gasteiger partial charge in [0.1, 0.15) is 17.8 Å². The lowest BCUT2D eigenvalue weighted by atomic mass is 10.3. The van der Waals surface area contributed by atoms with E-state index in [4.69, 9.17) is 9.15 Å². The van der Waals surface area contributed by atoms with Gasteiger partial charge < -0.3 is 13.9 Å². The topological polar surface area (TPSA) is 64.7 Å². The van der Waals surface area contributed by atoms with Crippen molar-refractivity contribution >= 4 is 29.2 Å². The van der Waals surface area contributed by atoms with Crippen molar-refractivity contribution < 1.29 is 13.9 Å². The van der Waals surface area contributed by atoms with Gasteiger partial charge in [-0.15, -0.1) is 0 Å². The number of carbonyl (C=O) groups excluding carboxylic acids is 1. The largest absolute Gasteiger partial charge is 0.486 e. The molecule has 6 heteroatoms. The Kier molecular flexibility index (Phi) is 4.25. The van der Waals surface area contributed by atoms with E-state index in [0.717, 1.165) is 22.7 Å². The van der Waals surface area contributed by atoms with Crippen molar-refractivity contribution in [3.05, 3.63) is 24.1 Å². The molecule has 0 atom stereocenters. The maximum Gasteiger partial charge on any atom is 0.212 e. The second-order valence-corrected chi connectivity index (χ2v) is 4.46. The van der Waals surface area contributed by atoms with Crippen LogP contribution >= 0.6 is 11.3 Å². The molecule has 0 saturated heterocycles. The molecule has 94 valence electrons. The molecule has 0 saturated carbocycles. The lowest BCUT2D eigenvalue weighted by molar-refractivity contribution is -0.107. The van der Waals surface area contributed by atoms with Crippen LogP contribution in [0.1, 0.15) is 12.2 Å². The number of ether oxygens (including phenoxy) is 1. The Morgan fingerprint density at radius 1 is 1.56 bits per heavy atom. The second kappa shape index (κ2) is 6.11. The first-order valence-electron chi connectivity index (χ1n) is 5.37. The molecule has 0 amide bonds. The highest BCUT2D eigenvalue weighted by Crippen LogP contribution is 2.31. The van der Waals surface area contributed by atoms with Gasteiger partial charge in [0.25, 0.3) is 0 Å². The van der Waals surface area contributed by atoms with Gasteiger partial charge in [-0.2, -0.15) is 4.99 Å². The Hall–Kier alpha value is -1.95. The van der Waals surface area contributed by atoms with E-state index in [2.05, 4.69) is 9.98 Å². The van der Waals surface area contributed by atoms with Crippen LogP contribution in [0.2, 0.25) is 0 Å². The number of aromatic nitrogens is 1. The molecular formula is C12H12N2O3S. The fourth-order valence-corrected chi connectivity index (χ4v) is 2.10. The molecule has 0 radical (unpaired) electrons. The van der Waals surface area contributed by atoms with Crippen molar-refractivity contribution in [2.24, 2.45) is 4.99 Å². The minimum atomic E-state index is 0.471. The molecule has 2 rings (SSSR count). The van der Waals surface area contributed by atoms with Crippen LogP contribution in [0, 0.1) is 0 Å². The molecule has 5 nitrogen and oxygen atoms in total. The van der Waals surface area contributed by atoms with E-state index in [-0.39, 0.29) is 0 Å². The van der Waals surface area contributed by atoms with Crippen molar-refractivity contribution in [1.29, 1.82) is 0 Å². The zero-order valence-corrected chi connectivity index (χ0v) is 10.6. The summed E-state index contributed by atoms with van der Waals surface area (Å²) in [6, 6.07) is 3.74.